The topological polar surface area (TPSA) is 85.3 Å². The SMILES string of the molecule is C=CCN1C(=NC(=O)Cc2ccc(OC)c(OC)c2)S[C@@H]2CS(=O)(=O)C[C@@H]21. The standard InChI is InChI=1S/C18H22N2O5S2/c1-4-7-20-13-10-27(22,23)11-16(13)26-18(20)19-17(21)9-12-5-6-14(24-2)15(8-12)25-3/h4-6,8,13,16H,1,7,9-11H2,2-3H3/t13-,16+/m0/s1. The van der Waals surface area contributed by atoms with Gasteiger partial charge in [0.15, 0.2) is 26.5 Å². The van der Waals surface area contributed by atoms with Crippen molar-refractivity contribution in [1.82, 2.24) is 4.90 Å². The van der Waals surface area contributed by atoms with Crippen molar-refractivity contribution in [3.8, 4) is 11.5 Å². The van der Waals surface area contributed by atoms with Crippen LogP contribution in [0.15, 0.2) is 35.8 Å². The molecule has 2 fully saturated rings. The number of ether oxygens (including phenoxy) is 2. The van der Waals surface area contributed by atoms with Gasteiger partial charge in [-0.2, -0.15) is 4.99 Å². The summed E-state index contributed by atoms with van der Waals surface area (Å²) in [6.45, 7) is 4.19. The number of sulfone groups is 1. The third kappa shape index (κ3) is 4.30. The summed E-state index contributed by atoms with van der Waals surface area (Å²) in [6.07, 6.45) is 1.82. The van der Waals surface area contributed by atoms with Gasteiger partial charge in [0, 0.05) is 11.8 Å². The Hall–Kier alpha value is -2.00. The van der Waals surface area contributed by atoms with E-state index < -0.39 is 9.84 Å². The first kappa shape index (κ1) is 19.8. The fourth-order valence-electron chi connectivity index (χ4n) is 3.30. The summed E-state index contributed by atoms with van der Waals surface area (Å²) in [4.78, 5) is 18.6. The minimum Gasteiger partial charge on any atom is -0.493 e. The maximum Gasteiger partial charge on any atom is 0.252 e. The predicted molar refractivity (Wildman–Crippen MR) is 106 cm³/mol. The van der Waals surface area contributed by atoms with Crippen LogP contribution in [0.3, 0.4) is 0 Å². The molecule has 27 heavy (non-hydrogen) atoms. The van der Waals surface area contributed by atoms with Crippen LogP contribution in [0.2, 0.25) is 0 Å². The maximum atomic E-state index is 12.5. The smallest absolute Gasteiger partial charge is 0.252 e. The van der Waals surface area contributed by atoms with Gasteiger partial charge >= 0.3 is 0 Å². The second-order valence-corrected chi connectivity index (χ2v) is 9.76. The van der Waals surface area contributed by atoms with Crippen LogP contribution < -0.4 is 9.47 Å². The molecule has 0 radical (unpaired) electrons. The summed E-state index contributed by atoms with van der Waals surface area (Å²) in [5.41, 5.74) is 0.767. The first-order chi connectivity index (χ1) is 12.9. The molecule has 0 saturated carbocycles. The van der Waals surface area contributed by atoms with E-state index in [4.69, 9.17) is 9.47 Å². The number of carbonyl (C=O) groups excluding carboxylic acids is 1. The quantitative estimate of drug-likeness (QED) is 0.658. The predicted octanol–water partition coefficient (Wildman–Crippen LogP) is 1.53. The molecule has 0 spiro atoms. The number of fused-ring (bicyclic) bond motifs is 1. The second-order valence-electron chi connectivity index (χ2n) is 6.40. The van der Waals surface area contributed by atoms with Gasteiger partial charge in [0.2, 0.25) is 0 Å². The summed E-state index contributed by atoms with van der Waals surface area (Å²) in [6, 6.07) is 5.15. The van der Waals surface area contributed by atoms with Gasteiger partial charge in [-0.15, -0.1) is 6.58 Å². The molecule has 2 aliphatic rings. The molecule has 146 valence electrons. The fourth-order valence-corrected chi connectivity index (χ4v) is 7.28. The van der Waals surface area contributed by atoms with Gasteiger partial charge in [-0.1, -0.05) is 23.9 Å². The van der Waals surface area contributed by atoms with E-state index in [-0.39, 0.29) is 35.1 Å². The molecule has 3 rings (SSSR count). The van der Waals surface area contributed by atoms with Crippen molar-refractivity contribution in [3.05, 3.63) is 36.4 Å². The van der Waals surface area contributed by atoms with Crippen molar-refractivity contribution < 1.29 is 22.7 Å². The summed E-state index contributed by atoms with van der Waals surface area (Å²) in [5.74, 6) is 1.08. The van der Waals surface area contributed by atoms with Crippen LogP contribution >= 0.6 is 11.8 Å². The van der Waals surface area contributed by atoms with Crippen LogP contribution in [0, 0.1) is 0 Å². The van der Waals surface area contributed by atoms with E-state index in [2.05, 4.69) is 11.6 Å². The number of hydrogen-bond donors (Lipinski definition) is 0. The van der Waals surface area contributed by atoms with Gasteiger partial charge in [0.1, 0.15) is 0 Å². The van der Waals surface area contributed by atoms with Gasteiger partial charge in [-0.05, 0) is 17.7 Å². The van der Waals surface area contributed by atoms with E-state index in [0.29, 0.717) is 23.2 Å². The van der Waals surface area contributed by atoms with Crippen LogP contribution in [0.4, 0.5) is 0 Å². The van der Waals surface area contributed by atoms with Crippen LogP contribution in [0.5, 0.6) is 11.5 Å². The van der Waals surface area contributed by atoms with Gasteiger partial charge in [-0.25, -0.2) is 8.42 Å². The zero-order chi connectivity index (χ0) is 19.6. The third-order valence-electron chi connectivity index (χ3n) is 4.52. The molecule has 1 aromatic carbocycles. The van der Waals surface area contributed by atoms with Crippen molar-refractivity contribution in [2.45, 2.75) is 17.7 Å². The minimum atomic E-state index is -3.03. The lowest BCUT2D eigenvalue weighted by Gasteiger charge is -2.22. The van der Waals surface area contributed by atoms with Gasteiger partial charge in [0.05, 0.1) is 38.2 Å². The highest BCUT2D eigenvalue weighted by Crippen LogP contribution is 2.38. The molecule has 9 heteroatoms. The normalized spacial score (nSPS) is 24.7. The molecule has 0 bridgehead atoms. The zero-order valence-electron chi connectivity index (χ0n) is 15.3. The van der Waals surface area contributed by atoms with Crippen molar-refractivity contribution in [2.75, 3.05) is 32.3 Å². The molecule has 0 N–H and O–H groups in total. The Morgan fingerprint density at radius 1 is 1.33 bits per heavy atom. The molecule has 1 aromatic rings. The monoisotopic (exact) mass is 410 g/mol. The summed E-state index contributed by atoms with van der Waals surface area (Å²) in [5, 5.41) is 0.493. The zero-order valence-corrected chi connectivity index (χ0v) is 16.9. The van der Waals surface area contributed by atoms with Gasteiger partial charge in [0.25, 0.3) is 5.91 Å². The first-order valence-electron chi connectivity index (χ1n) is 8.44. The molecule has 7 nitrogen and oxygen atoms in total. The van der Waals surface area contributed by atoms with Gasteiger partial charge < -0.3 is 14.4 Å². The molecule has 2 atom stereocenters. The van der Waals surface area contributed by atoms with Crippen molar-refractivity contribution in [2.24, 2.45) is 4.99 Å². The molecule has 0 aromatic heterocycles. The largest absolute Gasteiger partial charge is 0.493 e. The average Bonchev–Trinajstić information content (AvgIpc) is 3.07. The minimum absolute atomic E-state index is 0.0809. The van der Waals surface area contributed by atoms with Crippen molar-refractivity contribution >= 4 is 32.7 Å². The number of hydrogen-bond acceptors (Lipinski definition) is 6. The molecule has 0 unspecified atom stereocenters. The number of benzene rings is 1. The Kier molecular flexibility index (Phi) is 5.81. The molecular formula is C18H22N2O5S2. The lowest BCUT2D eigenvalue weighted by molar-refractivity contribution is -0.117. The Morgan fingerprint density at radius 3 is 2.74 bits per heavy atom. The molecule has 2 aliphatic heterocycles. The lowest BCUT2D eigenvalue weighted by atomic mass is 10.1. The first-order valence-corrected chi connectivity index (χ1v) is 11.1. The van der Waals surface area contributed by atoms with Crippen LogP contribution in [-0.2, 0) is 21.1 Å². The Labute approximate surface area is 163 Å². The Balaban J connectivity index is 1.76. The second kappa shape index (κ2) is 7.93. The fraction of sp³-hybridized carbons (Fsp3) is 0.444. The molecule has 1 amide bonds. The van der Waals surface area contributed by atoms with E-state index >= 15 is 0 Å². The number of carbonyl (C=O) groups is 1. The van der Waals surface area contributed by atoms with E-state index in [0.717, 1.165) is 5.56 Å². The maximum absolute atomic E-state index is 12.5. The number of methoxy groups -OCH3 is 2. The average molecular weight is 411 g/mol. The summed E-state index contributed by atoms with van der Waals surface area (Å²) < 4.78 is 34.2. The van der Waals surface area contributed by atoms with Crippen LogP contribution in [0.1, 0.15) is 5.56 Å². The molecule has 2 heterocycles. The number of aliphatic imine (C=N–C) groups is 1. The van der Waals surface area contributed by atoms with Crippen LogP contribution in [0.25, 0.3) is 0 Å². The summed E-state index contributed by atoms with van der Waals surface area (Å²) in [7, 11) is 0.0593. The van der Waals surface area contributed by atoms with Crippen LogP contribution in [-0.4, -0.2) is 68.0 Å². The highest BCUT2D eigenvalue weighted by molar-refractivity contribution is 8.15. The van der Waals surface area contributed by atoms with Gasteiger partial charge in [-0.3, -0.25) is 4.79 Å². The number of rotatable bonds is 6. The Morgan fingerprint density at radius 2 is 2.07 bits per heavy atom. The highest BCUT2D eigenvalue weighted by Gasteiger charge is 2.48. The molecule has 0 aliphatic carbocycles. The molecular weight excluding hydrogens is 388 g/mol. The number of amidine groups is 1. The van der Waals surface area contributed by atoms with Crippen molar-refractivity contribution in [3.63, 3.8) is 0 Å². The number of nitrogens with zero attached hydrogens (tertiary/aromatic N) is 2. The lowest BCUT2D eigenvalue weighted by Crippen LogP contribution is -2.37. The summed E-state index contributed by atoms with van der Waals surface area (Å²) >= 11 is 1.37. The highest BCUT2D eigenvalue weighted by atomic mass is 32.2. The number of amides is 1. The van der Waals surface area contributed by atoms with Crippen molar-refractivity contribution in [1.29, 1.82) is 0 Å². The van der Waals surface area contributed by atoms with E-state index in [1.54, 1.807) is 38.5 Å². The number of thioether (sulfide) groups is 1. The van der Waals surface area contributed by atoms with E-state index in [1.165, 1.54) is 11.8 Å². The Bertz CT molecular complexity index is 882. The molecule has 2 saturated heterocycles. The third-order valence-corrected chi connectivity index (χ3v) is 7.77. The van der Waals surface area contributed by atoms with E-state index in [9.17, 15) is 13.2 Å². The van der Waals surface area contributed by atoms with E-state index in [1.807, 2.05) is 4.90 Å².